The summed E-state index contributed by atoms with van der Waals surface area (Å²) in [7, 11) is 0. The topological polar surface area (TPSA) is 67.2 Å². The molecule has 0 saturated carbocycles. The highest BCUT2D eigenvalue weighted by Gasteiger charge is 2.18. The van der Waals surface area contributed by atoms with Gasteiger partial charge in [0.1, 0.15) is 5.82 Å². The van der Waals surface area contributed by atoms with Crippen molar-refractivity contribution in [3.63, 3.8) is 0 Å². The number of nitrogens with one attached hydrogen (secondary N) is 2. The first-order valence-electron chi connectivity index (χ1n) is 9.67. The number of aromatic nitrogens is 3. The van der Waals surface area contributed by atoms with Crippen molar-refractivity contribution in [3.8, 4) is 11.4 Å². The molecule has 2 aliphatic rings. The fraction of sp³-hybridized carbons (Fsp3) is 0.526. The molecule has 2 aromatic rings. The van der Waals surface area contributed by atoms with Gasteiger partial charge < -0.3 is 19.9 Å². The van der Waals surface area contributed by atoms with E-state index in [2.05, 4.69) is 42.4 Å². The number of nitrogens with zero attached hydrogens (tertiary/aromatic N) is 4. The Labute approximate surface area is 165 Å². The van der Waals surface area contributed by atoms with E-state index in [0.717, 1.165) is 88.1 Å². The zero-order valence-electron chi connectivity index (χ0n) is 15.5. The SMILES string of the molecule is S=C(NCCCN1CCOCC1)Nc1cccc(-c2nnc3n2CCC3)c1. The molecule has 4 rings (SSSR count). The zero-order chi connectivity index (χ0) is 18.5. The molecule has 0 atom stereocenters. The Balaban J connectivity index is 1.27. The van der Waals surface area contributed by atoms with Crippen LogP contribution in [0.1, 0.15) is 18.7 Å². The van der Waals surface area contributed by atoms with Crippen LogP contribution in [0.3, 0.4) is 0 Å². The molecule has 1 aromatic carbocycles. The lowest BCUT2D eigenvalue weighted by atomic mass is 10.2. The highest BCUT2D eigenvalue weighted by Crippen LogP contribution is 2.25. The van der Waals surface area contributed by atoms with Gasteiger partial charge in [-0.1, -0.05) is 12.1 Å². The summed E-state index contributed by atoms with van der Waals surface area (Å²) in [4.78, 5) is 2.43. The minimum atomic E-state index is 0.653. The highest BCUT2D eigenvalue weighted by atomic mass is 32.1. The van der Waals surface area contributed by atoms with E-state index in [0.29, 0.717) is 5.11 Å². The van der Waals surface area contributed by atoms with Crippen LogP contribution in [-0.4, -0.2) is 64.2 Å². The van der Waals surface area contributed by atoms with Gasteiger partial charge in [-0.05, 0) is 43.7 Å². The number of anilines is 1. The van der Waals surface area contributed by atoms with Crippen molar-refractivity contribution in [1.82, 2.24) is 25.0 Å². The summed E-state index contributed by atoms with van der Waals surface area (Å²) >= 11 is 5.44. The molecule has 2 aliphatic heterocycles. The first-order chi connectivity index (χ1) is 13.3. The molecule has 0 radical (unpaired) electrons. The second-order valence-corrected chi connectivity index (χ2v) is 7.37. The number of fused-ring (bicyclic) bond motifs is 1. The maximum Gasteiger partial charge on any atom is 0.170 e. The van der Waals surface area contributed by atoms with Crippen molar-refractivity contribution >= 4 is 23.0 Å². The predicted molar refractivity (Wildman–Crippen MR) is 110 cm³/mol. The Morgan fingerprint density at radius 1 is 1.19 bits per heavy atom. The third kappa shape index (κ3) is 4.63. The monoisotopic (exact) mass is 386 g/mol. The number of thiocarbonyl (C=S) groups is 1. The molecule has 3 heterocycles. The van der Waals surface area contributed by atoms with Crippen LogP contribution in [-0.2, 0) is 17.7 Å². The Bertz CT molecular complexity index is 786. The summed E-state index contributed by atoms with van der Waals surface area (Å²) in [6.07, 6.45) is 3.23. The van der Waals surface area contributed by atoms with Gasteiger partial charge in [-0.25, -0.2) is 0 Å². The second-order valence-electron chi connectivity index (χ2n) is 6.96. The van der Waals surface area contributed by atoms with E-state index in [-0.39, 0.29) is 0 Å². The van der Waals surface area contributed by atoms with Crippen molar-refractivity contribution in [2.45, 2.75) is 25.8 Å². The molecule has 1 fully saturated rings. The van der Waals surface area contributed by atoms with Gasteiger partial charge in [0.25, 0.3) is 0 Å². The van der Waals surface area contributed by atoms with E-state index in [4.69, 9.17) is 17.0 Å². The van der Waals surface area contributed by atoms with Crippen LogP contribution in [0.25, 0.3) is 11.4 Å². The molecular weight excluding hydrogens is 360 g/mol. The van der Waals surface area contributed by atoms with Crippen molar-refractivity contribution in [1.29, 1.82) is 0 Å². The zero-order valence-corrected chi connectivity index (χ0v) is 16.3. The van der Waals surface area contributed by atoms with Crippen LogP contribution < -0.4 is 10.6 Å². The Morgan fingerprint density at radius 3 is 2.96 bits per heavy atom. The van der Waals surface area contributed by atoms with Crippen LogP contribution >= 0.6 is 12.2 Å². The van der Waals surface area contributed by atoms with E-state index in [1.54, 1.807) is 0 Å². The highest BCUT2D eigenvalue weighted by molar-refractivity contribution is 7.80. The van der Waals surface area contributed by atoms with Crippen LogP contribution in [0, 0.1) is 0 Å². The van der Waals surface area contributed by atoms with Gasteiger partial charge in [-0.3, -0.25) is 4.90 Å². The average molecular weight is 387 g/mol. The molecule has 144 valence electrons. The third-order valence-electron chi connectivity index (χ3n) is 5.03. The third-order valence-corrected chi connectivity index (χ3v) is 5.27. The molecule has 7 nitrogen and oxygen atoms in total. The van der Waals surface area contributed by atoms with Gasteiger partial charge in [-0.15, -0.1) is 10.2 Å². The molecule has 8 heteroatoms. The lowest BCUT2D eigenvalue weighted by molar-refractivity contribution is 0.0376. The smallest absolute Gasteiger partial charge is 0.170 e. The van der Waals surface area contributed by atoms with Crippen LogP contribution in [0.5, 0.6) is 0 Å². The Morgan fingerprint density at radius 2 is 2.07 bits per heavy atom. The quantitative estimate of drug-likeness (QED) is 0.581. The molecule has 0 amide bonds. The molecule has 1 aromatic heterocycles. The minimum Gasteiger partial charge on any atom is -0.379 e. The normalized spacial score (nSPS) is 16.9. The van der Waals surface area contributed by atoms with Crippen molar-refractivity contribution in [2.75, 3.05) is 44.7 Å². The van der Waals surface area contributed by atoms with E-state index in [1.807, 2.05) is 12.1 Å². The van der Waals surface area contributed by atoms with Crippen LogP contribution in [0.4, 0.5) is 5.69 Å². The molecule has 0 spiro atoms. The summed E-state index contributed by atoms with van der Waals surface area (Å²) in [6, 6.07) is 8.19. The molecule has 1 saturated heterocycles. The standard InChI is InChI=1S/C19H26N6OS/c27-19(20-7-3-8-24-10-12-26-13-11-24)21-16-5-1-4-15(14-16)18-23-22-17-6-2-9-25(17)18/h1,4-5,14H,2-3,6-13H2,(H2,20,21,27). The summed E-state index contributed by atoms with van der Waals surface area (Å²) in [5.41, 5.74) is 2.03. The largest absolute Gasteiger partial charge is 0.379 e. The van der Waals surface area contributed by atoms with E-state index < -0.39 is 0 Å². The number of ether oxygens (including phenoxy) is 1. The molecular formula is C19H26N6OS. The molecule has 0 bridgehead atoms. The van der Waals surface area contributed by atoms with Crippen molar-refractivity contribution < 1.29 is 4.74 Å². The number of morpholine rings is 1. The maximum atomic E-state index is 5.44. The summed E-state index contributed by atoms with van der Waals surface area (Å²) < 4.78 is 7.58. The second kappa shape index (κ2) is 8.77. The predicted octanol–water partition coefficient (Wildman–Crippen LogP) is 1.90. The first-order valence-corrected chi connectivity index (χ1v) is 10.1. The number of hydrogen-bond acceptors (Lipinski definition) is 5. The molecule has 0 aliphatic carbocycles. The summed E-state index contributed by atoms with van der Waals surface area (Å²) in [5.74, 6) is 2.02. The van der Waals surface area contributed by atoms with E-state index in [1.165, 1.54) is 0 Å². The summed E-state index contributed by atoms with van der Waals surface area (Å²) in [6.45, 7) is 6.69. The van der Waals surface area contributed by atoms with Crippen LogP contribution in [0.2, 0.25) is 0 Å². The minimum absolute atomic E-state index is 0.653. The lowest BCUT2D eigenvalue weighted by Crippen LogP contribution is -2.38. The van der Waals surface area contributed by atoms with Gasteiger partial charge in [0.05, 0.1) is 13.2 Å². The number of benzene rings is 1. The van der Waals surface area contributed by atoms with Gasteiger partial charge in [0.15, 0.2) is 10.9 Å². The first kappa shape index (κ1) is 18.3. The Hall–Kier alpha value is -2.03. The summed E-state index contributed by atoms with van der Waals surface area (Å²) in [5, 5.41) is 15.9. The molecule has 2 N–H and O–H groups in total. The molecule has 27 heavy (non-hydrogen) atoms. The van der Waals surface area contributed by atoms with Gasteiger partial charge in [-0.2, -0.15) is 0 Å². The van der Waals surface area contributed by atoms with Gasteiger partial charge in [0, 0.05) is 43.9 Å². The van der Waals surface area contributed by atoms with E-state index >= 15 is 0 Å². The van der Waals surface area contributed by atoms with Gasteiger partial charge in [0.2, 0.25) is 0 Å². The van der Waals surface area contributed by atoms with Gasteiger partial charge >= 0.3 is 0 Å². The number of hydrogen-bond donors (Lipinski definition) is 2. The van der Waals surface area contributed by atoms with Crippen molar-refractivity contribution in [2.24, 2.45) is 0 Å². The number of aryl methyl sites for hydroxylation is 1. The fourth-order valence-corrected chi connectivity index (χ4v) is 3.82. The Kier molecular flexibility index (Phi) is 5.96. The fourth-order valence-electron chi connectivity index (χ4n) is 3.60. The van der Waals surface area contributed by atoms with E-state index in [9.17, 15) is 0 Å². The average Bonchev–Trinajstić information content (AvgIpc) is 3.30. The van der Waals surface area contributed by atoms with Crippen molar-refractivity contribution in [3.05, 3.63) is 30.1 Å². The lowest BCUT2D eigenvalue weighted by Gasteiger charge is -2.26. The number of rotatable bonds is 6. The van der Waals surface area contributed by atoms with Crippen LogP contribution in [0.15, 0.2) is 24.3 Å². The maximum absolute atomic E-state index is 5.44. The molecule has 0 unspecified atom stereocenters.